The van der Waals surface area contributed by atoms with Crippen LogP contribution in [0.5, 0.6) is 0 Å². The average molecular weight is 283 g/mol. The van der Waals surface area contributed by atoms with E-state index in [1.165, 1.54) is 0 Å². The molecule has 1 unspecified atom stereocenters. The van der Waals surface area contributed by atoms with Gasteiger partial charge < -0.3 is 15.2 Å². The van der Waals surface area contributed by atoms with Crippen LogP contribution in [-0.2, 0) is 14.3 Å². The predicted molar refractivity (Wildman–Crippen MR) is 74.3 cm³/mol. The van der Waals surface area contributed by atoms with Crippen molar-refractivity contribution in [2.75, 3.05) is 13.2 Å². The lowest BCUT2D eigenvalue weighted by atomic mass is 9.75. The van der Waals surface area contributed by atoms with Gasteiger partial charge in [0.25, 0.3) is 0 Å². The fraction of sp³-hybridized carbons (Fsp3) is 0.867. The van der Waals surface area contributed by atoms with Crippen molar-refractivity contribution in [2.45, 2.75) is 57.4 Å². The molecule has 1 saturated carbocycles. The molecule has 114 valence electrons. The lowest BCUT2D eigenvalue weighted by Crippen LogP contribution is -2.58. The second kappa shape index (κ2) is 6.57. The van der Waals surface area contributed by atoms with Crippen molar-refractivity contribution in [2.24, 2.45) is 11.8 Å². The normalized spacial score (nSPS) is 34.5. The average Bonchev–Trinajstić information content (AvgIpc) is 2.48. The van der Waals surface area contributed by atoms with Gasteiger partial charge in [-0.05, 0) is 44.4 Å². The molecule has 0 bridgehead atoms. The largest absolute Gasteiger partial charge is 0.480 e. The van der Waals surface area contributed by atoms with Gasteiger partial charge in [-0.2, -0.15) is 0 Å². The Balaban J connectivity index is 1.98. The molecule has 1 amide bonds. The van der Waals surface area contributed by atoms with Gasteiger partial charge in [-0.15, -0.1) is 0 Å². The van der Waals surface area contributed by atoms with Gasteiger partial charge in [0, 0.05) is 6.61 Å². The molecule has 5 nitrogen and oxygen atoms in total. The van der Waals surface area contributed by atoms with Gasteiger partial charge in [-0.25, -0.2) is 4.79 Å². The van der Waals surface area contributed by atoms with Crippen LogP contribution in [0.25, 0.3) is 0 Å². The third kappa shape index (κ3) is 3.32. The van der Waals surface area contributed by atoms with Gasteiger partial charge in [-0.3, -0.25) is 4.79 Å². The number of hydrogen-bond donors (Lipinski definition) is 2. The molecule has 0 aromatic rings. The topological polar surface area (TPSA) is 75.6 Å². The first-order chi connectivity index (χ1) is 9.57. The maximum absolute atomic E-state index is 12.3. The molecule has 2 fully saturated rings. The molecule has 1 aliphatic carbocycles. The van der Waals surface area contributed by atoms with Gasteiger partial charge in [-0.1, -0.05) is 13.3 Å². The molecule has 1 aliphatic heterocycles. The molecule has 2 N–H and O–H groups in total. The lowest BCUT2D eigenvalue weighted by Gasteiger charge is -2.38. The third-order valence-electron chi connectivity index (χ3n) is 4.84. The Bertz CT molecular complexity index is 355. The SMILES string of the molecule is CCC1CCC(NC(=O)C2CCCOC2)(C(=O)O)CC1. The molecule has 20 heavy (non-hydrogen) atoms. The summed E-state index contributed by atoms with van der Waals surface area (Å²) in [5.41, 5.74) is -1.06. The minimum Gasteiger partial charge on any atom is -0.480 e. The monoisotopic (exact) mass is 283 g/mol. The van der Waals surface area contributed by atoms with E-state index in [4.69, 9.17) is 4.74 Å². The molecule has 1 saturated heterocycles. The highest BCUT2D eigenvalue weighted by Crippen LogP contribution is 2.34. The number of carboxylic acid groups (broad SMARTS) is 1. The molecule has 0 aromatic carbocycles. The van der Waals surface area contributed by atoms with Crippen molar-refractivity contribution in [3.8, 4) is 0 Å². The zero-order valence-corrected chi connectivity index (χ0v) is 12.2. The number of amides is 1. The summed E-state index contributed by atoms with van der Waals surface area (Å²) in [5, 5.41) is 12.4. The highest BCUT2D eigenvalue weighted by molar-refractivity contribution is 5.88. The summed E-state index contributed by atoms with van der Waals surface area (Å²) in [5.74, 6) is -0.638. The van der Waals surface area contributed by atoms with E-state index in [1.807, 2.05) is 0 Å². The van der Waals surface area contributed by atoms with Crippen LogP contribution < -0.4 is 5.32 Å². The first-order valence-corrected chi connectivity index (χ1v) is 7.70. The Morgan fingerprint density at radius 1 is 1.30 bits per heavy atom. The van der Waals surface area contributed by atoms with Crippen molar-refractivity contribution >= 4 is 11.9 Å². The Labute approximate surface area is 120 Å². The van der Waals surface area contributed by atoms with E-state index >= 15 is 0 Å². The number of hydrogen-bond acceptors (Lipinski definition) is 3. The third-order valence-corrected chi connectivity index (χ3v) is 4.84. The number of rotatable bonds is 4. The fourth-order valence-corrected chi connectivity index (χ4v) is 3.26. The number of carbonyl (C=O) groups excluding carboxylic acids is 1. The van der Waals surface area contributed by atoms with E-state index in [-0.39, 0.29) is 11.8 Å². The van der Waals surface area contributed by atoms with Crippen molar-refractivity contribution in [3.63, 3.8) is 0 Å². The van der Waals surface area contributed by atoms with Crippen LogP contribution in [0.15, 0.2) is 0 Å². The molecule has 0 spiro atoms. The van der Waals surface area contributed by atoms with Crippen molar-refractivity contribution in [3.05, 3.63) is 0 Å². The van der Waals surface area contributed by atoms with E-state index in [9.17, 15) is 14.7 Å². The summed E-state index contributed by atoms with van der Waals surface area (Å²) in [6, 6.07) is 0. The highest BCUT2D eigenvalue weighted by Gasteiger charge is 2.43. The minimum absolute atomic E-state index is 0.151. The van der Waals surface area contributed by atoms with Gasteiger partial charge in [0.2, 0.25) is 5.91 Å². The predicted octanol–water partition coefficient (Wildman–Crippen LogP) is 1.95. The quantitative estimate of drug-likeness (QED) is 0.827. The molecule has 0 radical (unpaired) electrons. The van der Waals surface area contributed by atoms with Crippen LogP contribution in [0.4, 0.5) is 0 Å². The second-order valence-corrected chi connectivity index (χ2v) is 6.14. The fourth-order valence-electron chi connectivity index (χ4n) is 3.26. The summed E-state index contributed by atoms with van der Waals surface area (Å²) in [4.78, 5) is 23.9. The number of aliphatic carboxylic acids is 1. The highest BCUT2D eigenvalue weighted by atomic mass is 16.5. The Hall–Kier alpha value is -1.10. The number of carbonyl (C=O) groups is 2. The number of carboxylic acids is 1. The van der Waals surface area contributed by atoms with E-state index in [0.29, 0.717) is 32.0 Å². The standard InChI is InChI=1S/C15H25NO4/c1-2-11-5-7-15(8-6-11,14(18)19)16-13(17)12-4-3-9-20-10-12/h11-12H,2-10H2,1H3,(H,16,17)(H,18,19). The van der Waals surface area contributed by atoms with Crippen LogP contribution in [0, 0.1) is 11.8 Å². The first-order valence-electron chi connectivity index (χ1n) is 7.70. The number of nitrogens with one attached hydrogen (secondary N) is 1. The van der Waals surface area contributed by atoms with Gasteiger partial charge in [0.1, 0.15) is 5.54 Å². The zero-order chi connectivity index (χ0) is 14.6. The zero-order valence-electron chi connectivity index (χ0n) is 12.2. The maximum atomic E-state index is 12.3. The van der Waals surface area contributed by atoms with Gasteiger partial charge in [0.15, 0.2) is 0 Å². The Morgan fingerprint density at radius 3 is 2.50 bits per heavy atom. The molecule has 2 rings (SSSR count). The van der Waals surface area contributed by atoms with Crippen molar-refractivity contribution < 1.29 is 19.4 Å². The lowest BCUT2D eigenvalue weighted by molar-refractivity contribution is -0.151. The van der Waals surface area contributed by atoms with Crippen LogP contribution in [0.1, 0.15) is 51.9 Å². The second-order valence-electron chi connectivity index (χ2n) is 6.14. The summed E-state index contributed by atoms with van der Waals surface area (Å²) in [6.45, 7) is 3.25. The van der Waals surface area contributed by atoms with E-state index in [2.05, 4.69) is 12.2 Å². The molecular weight excluding hydrogens is 258 g/mol. The van der Waals surface area contributed by atoms with Crippen molar-refractivity contribution in [1.29, 1.82) is 0 Å². The summed E-state index contributed by atoms with van der Waals surface area (Å²) >= 11 is 0. The van der Waals surface area contributed by atoms with Crippen LogP contribution in [-0.4, -0.2) is 35.7 Å². The molecule has 1 heterocycles. The molecule has 1 atom stereocenters. The molecule has 0 aromatic heterocycles. The molecule has 2 aliphatic rings. The van der Waals surface area contributed by atoms with Crippen LogP contribution >= 0.6 is 0 Å². The van der Waals surface area contributed by atoms with E-state index in [0.717, 1.165) is 32.1 Å². The van der Waals surface area contributed by atoms with E-state index < -0.39 is 11.5 Å². The summed E-state index contributed by atoms with van der Waals surface area (Å²) in [7, 11) is 0. The first kappa shape index (κ1) is 15.3. The summed E-state index contributed by atoms with van der Waals surface area (Å²) in [6.07, 6.45) is 5.59. The minimum atomic E-state index is -1.06. The number of ether oxygens (including phenoxy) is 1. The molecular formula is C15H25NO4. The maximum Gasteiger partial charge on any atom is 0.329 e. The smallest absolute Gasteiger partial charge is 0.329 e. The molecule has 5 heteroatoms. The van der Waals surface area contributed by atoms with Crippen LogP contribution in [0.2, 0.25) is 0 Å². The van der Waals surface area contributed by atoms with Crippen LogP contribution in [0.3, 0.4) is 0 Å². The van der Waals surface area contributed by atoms with Gasteiger partial charge in [0.05, 0.1) is 12.5 Å². The Morgan fingerprint density at radius 2 is 2.00 bits per heavy atom. The van der Waals surface area contributed by atoms with E-state index in [1.54, 1.807) is 0 Å². The van der Waals surface area contributed by atoms with Crippen molar-refractivity contribution in [1.82, 2.24) is 5.32 Å². The summed E-state index contributed by atoms with van der Waals surface area (Å²) < 4.78 is 5.31. The van der Waals surface area contributed by atoms with Gasteiger partial charge >= 0.3 is 5.97 Å². The Kier molecular flexibility index (Phi) is 5.02.